The molecule has 2 fully saturated rings. The zero-order chi connectivity index (χ0) is 8.77. The van der Waals surface area contributed by atoms with Gasteiger partial charge in [0.1, 0.15) is 0 Å². The Labute approximate surface area is 73.1 Å². The zero-order valence-corrected chi connectivity index (χ0v) is 7.76. The largest absolute Gasteiger partial charge is 0.342 e. The van der Waals surface area contributed by atoms with Crippen molar-refractivity contribution in [3.63, 3.8) is 0 Å². The first-order valence-corrected chi connectivity index (χ1v) is 4.58. The highest BCUT2D eigenvalue weighted by Gasteiger charge is 2.61. The first-order valence-electron chi connectivity index (χ1n) is 4.58. The van der Waals surface area contributed by atoms with Crippen molar-refractivity contribution in [2.24, 2.45) is 11.3 Å². The summed E-state index contributed by atoms with van der Waals surface area (Å²) in [5.74, 6) is 1.06. The minimum Gasteiger partial charge on any atom is -0.342 e. The molecule has 68 valence electrons. The van der Waals surface area contributed by atoms with E-state index >= 15 is 0 Å². The third-order valence-corrected chi connectivity index (χ3v) is 3.27. The fourth-order valence-corrected chi connectivity index (χ4v) is 2.29. The van der Waals surface area contributed by atoms with Gasteiger partial charge in [0.2, 0.25) is 5.91 Å². The second kappa shape index (κ2) is 2.46. The molecule has 1 heterocycles. The van der Waals surface area contributed by atoms with Crippen molar-refractivity contribution in [1.29, 1.82) is 0 Å². The Morgan fingerprint density at radius 1 is 1.67 bits per heavy atom. The van der Waals surface area contributed by atoms with Crippen LogP contribution in [0.5, 0.6) is 0 Å². The van der Waals surface area contributed by atoms with Gasteiger partial charge >= 0.3 is 0 Å². The van der Waals surface area contributed by atoms with Crippen LogP contribution in [0.3, 0.4) is 0 Å². The summed E-state index contributed by atoms with van der Waals surface area (Å²) in [4.78, 5) is 12.9. The maximum absolute atomic E-state index is 10.9. The monoisotopic (exact) mass is 168 g/mol. The molecule has 0 radical (unpaired) electrons. The smallest absolute Gasteiger partial charge is 0.219 e. The topological polar surface area (TPSA) is 32.3 Å². The molecule has 1 N–H and O–H groups in total. The predicted octanol–water partition coefficient (Wildman–Crippen LogP) is 0.0742. The Bertz CT molecular complexity index is 209. The van der Waals surface area contributed by atoms with Gasteiger partial charge in [-0.1, -0.05) is 0 Å². The molecule has 12 heavy (non-hydrogen) atoms. The van der Waals surface area contributed by atoms with Gasteiger partial charge in [0, 0.05) is 25.4 Å². The average molecular weight is 168 g/mol. The highest BCUT2D eigenvalue weighted by atomic mass is 16.2. The third kappa shape index (κ3) is 1.04. The highest BCUT2D eigenvalue weighted by Crippen LogP contribution is 2.58. The lowest BCUT2D eigenvalue weighted by Crippen LogP contribution is -2.52. The van der Waals surface area contributed by atoms with Crippen molar-refractivity contribution in [3.8, 4) is 0 Å². The molecular formula is C9H16N2O. The van der Waals surface area contributed by atoms with Crippen LogP contribution in [-0.2, 0) is 4.79 Å². The molecule has 0 aromatic rings. The summed E-state index contributed by atoms with van der Waals surface area (Å²) in [6, 6.07) is 0. The first-order chi connectivity index (χ1) is 5.68. The van der Waals surface area contributed by atoms with E-state index in [0.29, 0.717) is 5.41 Å². The summed E-state index contributed by atoms with van der Waals surface area (Å²) >= 11 is 0. The normalized spacial score (nSPS) is 30.2. The van der Waals surface area contributed by atoms with Crippen LogP contribution in [0.15, 0.2) is 0 Å². The van der Waals surface area contributed by atoms with E-state index in [1.165, 1.54) is 6.42 Å². The molecule has 1 atom stereocenters. The molecule has 1 aliphatic heterocycles. The van der Waals surface area contributed by atoms with Crippen molar-refractivity contribution in [1.82, 2.24) is 10.2 Å². The molecule has 2 aliphatic rings. The van der Waals surface area contributed by atoms with Crippen LogP contribution >= 0.6 is 0 Å². The molecule has 3 heteroatoms. The van der Waals surface area contributed by atoms with E-state index in [-0.39, 0.29) is 5.91 Å². The number of likely N-dealkylation sites (tertiary alicyclic amines) is 1. The minimum absolute atomic E-state index is 0.232. The van der Waals surface area contributed by atoms with E-state index in [9.17, 15) is 4.79 Å². The molecule has 1 aliphatic carbocycles. The van der Waals surface area contributed by atoms with Crippen molar-refractivity contribution in [3.05, 3.63) is 0 Å². The Balaban J connectivity index is 1.79. The van der Waals surface area contributed by atoms with Gasteiger partial charge in [0.05, 0.1) is 0 Å². The van der Waals surface area contributed by atoms with Gasteiger partial charge in [-0.2, -0.15) is 0 Å². The second-order valence-electron chi connectivity index (χ2n) is 4.20. The molecular weight excluding hydrogens is 152 g/mol. The van der Waals surface area contributed by atoms with E-state index in [4.69, 9.17) is 0 Å². The van der Waals surface area contributed by atoms with Gasteiger partial charge in [-0.3, -0.25) is 4.79 Å². The molecule has 1 saturated carbocycles. The molecule has 0 aromatic carbocycles. The molecule has 3 nitrogen and oxygen atoms in total. The Kier molecular flexibility index (Phi) is 1.65. The van der Waals surface area contributed by atoms with Crippen molar-refractivity contribution in [2.45, 2.75) is 13.3 Å². The maximum Gasteiger partial charge on any atom is 0.219 e. The van der Waals surface area contributed by atoms with Crippen LogP contribution in [0.2, 0.25) is 0 Å². The van der Waals surface area contributed by atoms with Gasteiger partial charge in [0.25, 0.3) is 0 Å². The lowest BCUT2D eigenvalue weighted by atomic mass is 9.93. The zero-order valence-electron chi connectivity index (χ0n) is 7.76. The van der Waals surface area contributed by atoms with Crippen LogP contribution in [0.4, 0.5) is 0 Å². The number of nitrogens with one attached hydrogen (secondary N) is 1. The number of hydrogen-bond acceptors (Lipinski definition) is 2. The summed E-state index contributed by atoms with van der Waals surface area (Å²) < 4.78 is 0. The Hall–Kier alpha value is -0.570. The highest BCUT2D eigenvalue weighted by molar-refractivity contribution is 5.74. The van der Waals surface area contributed by atoms with Crippen LogP contribution in [0, 0.1) is 11.3 Å². The molecule has 1 amide bonds. The van der Waals surface area contributed by atoms with Crippen molar-refractivity contribution < 1.29 is 4.79 Å². The van der Waals surface area contributed by atoms with E-state index in [2.05, 4.69) is 5.32 Å². The summed E-state index contributed by atoms with van der Waals surface area (Å²) in [7, 11) is 1.99. The van der Waals surface area contributed by atoms with Gasteiger partial charge in [-0.05, 0) is 25.9 Å². The summed E-state index contributed by atoms with van der Waals surface area (Å²) in [6.07, 6.45) is 1.32. The van der Waals surface area contributed by atoms with E-state index in [1.54, 1.807) is 6.92 Å². The van der Waals surface area contributed by atoms with Crippen LogP contribution in [0.25, 0.3) is 0 Å². The summed E-state index contributed by atoms with van der Waals surface area (Å²) in [6.45, 7) is 4.79. The van der Waals surface area contributed by atoms with E-state index < -0.39 is 0 Å². The molecule has 0 aromatic heterocycles. The number of hydrogen-bond donors (Lipinski definition) is 1. The van der Waals surface area contributed by atoms with Gasteiger partial charge in [-0.15, -0.1) is 0 Å². The molecule has 1 spiro atoms. The second-order valence-corrected chi connectivity index (χ2v) is 4.20. The number of carbonyl (C=O) groups excluding carboxylic acids is 1. The van der Waals surface area contributed by atoms with Gasteiger partial charge < -0.3 is 10.2 Å². The first kappa shape index (κ1) is 8.05. The maximum atomic E-state index is 10.9. The fraction of sp³-hybridized carbons (Fsp3) is 0.889. The molecule has 0 bridgehead atoms. The quantitative estimate of drug-likeness (QED) is 0.633. The average Bonchev–Trinajstić information content (AvgIpc) is 2.60. The SMILES string of the molecule is CNCC1CC12CN(C(C)=O)C2. The molecule has 1 saturated heterocycles. The third-order valence-electron chi connectivity index (χ3n) is 3.27. The number of amides is 1. The minimum atomic E-state index is 0.232. The Morgan fingerprint density at radius 2 is 2.33 bits per heavy atom. The van der Waals surface area contributed by atoms with E-state index in [1.807, 2.05) is 11.9 Å². The summed E-state index contributed by atoms with van der Waals surface area (Å²) in [5, 5.41) is 3.19. The van der Waals surface area contributed by atoms with Crippen LogP contribution in [-0.4, -0.2) is 37.5 Å². The van der Waals surface area contributed by atoms with Crippen molar-refractivity contribution in [2.75, 3.05) is 26.7 Å². The molecule has 2 rings (SSSR count). The van der Waals surface area contributed by atoms with Gasteiger partial charge in [0.15, 0.2) is 0 Å². The number of nitrogens with zero attached hydrogens (tertiary/aromatic N) is 1. The van der Waals surface area contributed by atoms with Crippen LogP contribution in [0.1, 0.15) is 13.3 Å². The standard InChI is InChI=1S/C9H16N2O/c1-7(12)11-5-9(6-11)3-8(9)4-10-2/h8,10H,3-6H2,1-2H3. The lowest BCUT2D eigenvalue weighted by Gasteiger charge is -2.40. The number of carbonyl (C=O) groups is 1. The van der Waals surface area contributed by atoms with Gasteiger partial charge in [-0.25, -0.2) is 0 Å². The van der Waals surface area contributed by atoms with Crippen molar-refractivity contribution >= 4 is 5.91 Å². The van der Waals surface area contributed by atoms with Crippen LogP contribution < -0.4 is 5.32 Å². The molecule has 1 unspecified atom stereocenters. The number of rotatable bonds is 2. The Morgan fingerprint density at radius 3 is 2.83 bits per heavy atom. The fourth-order valence-electron chi connectivity index (χ4n) is 2.29. The predicted molar refractivity (Wildman–Crippen MR) is 46.7 cm³/mol. The summed E-state index contributed by atoms with van der Waals surface area (Å²) in [5.41, 5.74) is 0.536. The van der Waals surface area contributed by atoms with E-state index in [0.717, 1.165) is 25.6 Å². The lowest BCUT2D eigenvalue weighted by molar-refractivity contribution is -0.136.